The summed E-state index contributed by atoms with van der Waals surface area (Å²) in [5, 5.41) is 27.3. The number of rotatable bonds is 24. The Hall–Kier alpha value is -1.58. The quantitative estimate of drug-likeness (QED) is 0.0220. The maximum Gasteiger partial charge on any atom is 0.474 e. The van der Waals surface area contributed by atoms with Crippen LogP contribution in [0.25, 0.3) is 0 Å². The van der Waals surface area contributed by atoms with Gasteiger partial charge in [0.2, 0.25) is 7.37 Å². The van der Waals surface area contributed by atoms with Crippen LogP contribution in [0.4, 0.5) is 10.5 Å². The number of carbonyl (C=O) groups excluding carboxylic acids is 1. The van der Waals surface area contributed by atoms with Gasteiger partial charge in [0.15, 0.2) is 0 Å². The van der Waals surface area contributed by atoms with Crippen LogP contribution in [-0.4, -0.2) is 161 Å². The highest BCUT2D eigenvalue weighted by Gasteiger charge is 2.29. The molecular formula is C50H92ClIN4O18P4. The molecule has 0 aromatic heterocycles. The second-order valence-electron chi connectivity index (χ2n) is 16.6. The van der Waals surface area contributed by atoms with Crippen LogP contribution in [0.3, 0.4) is 0 Å². The fraction of sp³-hybridized carbons (Fsp3) is 0.720. The van der Waals surface area contributed by atoms with Crippen molar-refractivity contribution in [3.05, 3.63) is 59.7 Å². The number of carbonyl (C=O) groups is 1. The summed E-state index contributed by atoms with van der Waals surface area (Å²) < 4.78 is 100. The number of nitriles is 1. The Morgan fingerprint density at radius 2 is 1.32 bits per heavy atom. The molecule has 1 atom stereocenters. The summed E-state index contributed by atoms with van der Waals surface area (Å²) in [7, 11) is -9.46. The number of ether oxygens (including phenoxy) is 2. The fourth-order valence-electron chi connectivity index (χ4n) is 7.06. The fourth-order valence-corrected chi connectivity index (χ4v) is 12.6. The lowest BCUT2D eigenvalue weighted by atomic mass is 10.0. The standard InChI is InChI=1S/C26H36N3O7P.C7H15O2P.C6H15NO.C5H11O4P.C3H6ClO3P.C2H6O.CH3I/c1-4-29(5-2,16-7-18-36-37(31,32)35-6-3)17-19-33-26(30)28-24-12-8-22(9-13-24)20-23-10-14-25(15-11-23)34-21-27;1-2-9-10(8)6-4-3-5-7-10;1-3-7(4-2)5-6-8;1-2-7-10(6)8-4-3-5-9-10;4-8(5)6-2-1-3-7-8;1-2-3;1-2/h8-15H,4-7,16-20H2,1-3H3,(H-,28,30,31,32);2-7H2,1H3;8H,3-6H2,1-2H3;2-5H2,1H3;1-3H2;3H,2H2,1H3;1H3/i;;;;;;1D. The molecule has 454 valence electrons. The first kappa shape index (κ1) is 76.4. The smallest absolute Gasteiger partial charge is 0.474 e. The Balaban J connectivity index is 0. The molecule has 0 aliphatic carbocycles. The predicted molar refractivity (Wildman–Crippen MR) is 314 cm³/mol. The molecule has 2 aromatic rings. The molecule has 3 aliphatic rings. The summed E-state index contributed by atoms with van der Waals surface area (Å²) >= 11 is 7.14. The Bertz CT molecular complexity index is 1980. The lowest BCUT2D eigenvalue weighted by molar-refractivity contribution is -0.925. The number of alkyl halides is 1. The number of hydrogen-bond acceptors (Lipinski definition) is 20. The van der Waals surface area contributed by atoms with Crippen molar-refractivity contribution in [2.75, 3.05) is 141 Å². The minimum Gasteiger partial charge on any atom is -0.756 e. The molecule has 0 spiro atoms. The molecular weight excluding hydrogens is 1230 g/mol. The minimum absolute atomic E-state index is 0.0454. The molecule has 1 amide bonds. The third-order valence-electron chi connectivity index (χ3n) is 11.2. The summed E-state index contributed by atoms with van der Waals surface area (Å²) in [6, 6.07) is 14.8. The number of nitrogens with one attached hydrogen (secondary N) is 1. The van der Waals surface area contributed by atoms with Gasteiger partial charge in [-0.15, -0.1) is 5.26 Å². The van der Waals surface area contributed by atoms with Crippen molar-refractivity contribution >= 4 is 75.6 Å². The highest BCUT2D eigenvalue weighted by atomic mass is 127. The number of halogens is 2. The van der Waals surface area contributed by atoms with Crippen LogP contribution in [-0.2, 0) is 65.6 Å². The summed E-state index contributed by atoms with van der Waals surface area (Å²) in [5.41, 5.74) is 2.77. The predicted octanol–water partition coefficient (Wildman–Crippen LogP) is 11.6. The van der Waals surface area contributed by atoms with E-state index in [4.69, 9.17) is 60.2 Å². The van der Waals surface area contributed by atoms with Crippen molar-refractivity contribution in [1.29, 1.82) is 5.26 Å². The van der Waals surface area contributed by atoms with E-state index in [1.165, 1.54) is 6.42 Å². The van der Waals surface area contributed by atoms with E-state index in [1.54, 1.807) is 39.2 Å². The Kier molecular flexibility index (Phi) is 46.9. The van der Waals surface area contributed by atoms with Gasteiger partial charge in [-0.1, -0.05) is 67.1 Å². The molecule has 1 unspecified atom stereocenters. The number of nitrogens with zero attached hydrogens (tertiary/aromatic N) is 3. The van der Waals surface area contributed by atoms with Gasteiger partial charge >= 0.3 is 20.9 Å². The highest BCUT2D eigenvalue weighted by Crippen LogP contribution is 2.55. The summed E-state index contributed by atoms with van der Waals surface area (Å²) in [6.45, 7) is 21.6. The molecule has 0 bridgehead atoms. The lowest BCUT2D eigenvalue weighted by Gasteiger charge is -2.37. The molecule has 3 aliphatic heterocycles. The molecule has 0 saturated carbocycles. The van der Waals surface area contributed by atoms with Crippen molar-refractivity contribution in [2.45, 2.75) is 100 Å². The minimum atomic E-state index is -4.23. The zero-order valence-corrected chi connectivity index (χ0v) is 53.7. The number of aliphatic hydroxyl groups is 2. The van der Waals surface area contributed by atoms with Gasteiger partial charge in [-0.2, -0.15) is 0 Å². The molecule has 3 N–H and O–H groups in total. The Morgan fingerprint density at radius 1 is 0.808 bits per heavy atom. The summed E-state index contributed by atoms with van der Waals surface area (Å²) in [5.74, 6) is 0.500. The normalized spacial score (nSPS) is 16.8. The van der Waals surface area contributed by atoms with Gasteiger partial charge in [0, 0.05) is 50.2 Å². The zero-order chi connectivity index (χ0) is 59.9. The zero-order valence-electron chi connectivity index (χ0n) is 48.2. The number of likely N-dealkylation sites (N-methyl/N-ethyl adjacent to an activating group) is 2. The lowest BCUT2D eigenvalue weighted by Crippen LogP contribution is -2.51. The van der Waals surface area contributed by atoms with E-state index in [-0.39, 0.29) is 33.0 Å². The van der Waals surface area contributed by atoms with Crippen LogP contribution in [0.2, 0.25) is 0 Å². The first-order valence-electron chi connectivity index (χ1n) is 27.1. The number of anilines is 1. The van der Waals surface area contributed by atoms with Crippen LogP contribution >= 0.6 is 63.8 Å². The average molecular weight is 1320 g/mol. The molecule has 2 aromatic carbocycles. The third kappa shape index (κ3) is 39.8. The number of amides is 1. The molecule has 3 fully saturated rings. The summed E-state index contributed by atoms with van der Waals surface area (Å²) in [4.78, 5) is 26.5. The first-order chi connectivity index (χ1) is 37.7. The van der Waals surface area contributed by atoms with Crippen molar-refractivity contribution in [3.8, 4) is 12.0 Å². The molecule has 3 heterocycles. The first-order valence-corrected chi connectivity index (χ1v) is 35.3. The number of quaternary nitrogens is 1. The van der Waals surface area contributed by atoms with E-state index in [9.17, 15) is 27.9 Å². The largest absolute Gasteiger partial charge is 0.756 e. The van der Waals surface area contributed by atoms with Crippen LogP contribution in [0.1, 0.15) is 106 Å². The number of aliphatic hydroxyl groups excluding tert-OH is 2. The monoisotopic (exact) mass is 1320 g/mol. The van der Waals surface area contributed by atoms with E-state index in [2.05, 4.69) is 51.5 Å². The highest BCUT2D eigenvalue weighted by molar-refractivity contribution is 14.1. The molecule has 3 saturated heterocycles. The van der Waals surface area contributed by atoms with Gasteiger partial charge in [0.1, 0.15) is 18.9 Å². The van der Waals surface area contributed by atoms with Gasteiger partial charge in [-0.25, -0.2) is 13.9 Å². The van der Waals surface area contributed by atoms with Gasteiger partial charge in [-0.05, 0) is 127 Å². The maximum absolute atomic E-state index is 12.3. The number of phosphoric acid groups is 2. The maximum atomic E-state index is 12.3. The van der Waals surface area contributed by atoms with Crippen LogP contribution in [0.5, 0.6) is 5.75 Å². The van der Waals surface area contributed by atoms with E-state index < -0.39 is 36.1 Å². The topological polar surface area (TPSA) is 280 Å². The Morgan fingerprint density at radius 3 is 1.74 bits per heavy atom. The summed E-state index contributed by atoms with van der Waals surface area (Å²) in [6.07, 6.45) is 8.99. The molecule has 22 nitrogen and oxygen atoms in total. The van der Waals surface area contributed by atoms with Crippen molar-refractivity contribution in [3.63, 3.8) is 0 Å². The van der Waals surface area contributed by atoms with Gasteiger partial charge < -0.3 is 47.5 Å². The molecule has 78 heavy (non-hydrogen) atoms. The van der Waals surface area contributed by atoms with E-state index >= 15 is 0 Å². The van der Waals surface area contributed by atoms with Crippen LogP contribution in [0.15, 0.2) is 48.5 Å². The third-order valence-corrected chi connectivity index (χ3v) is 18.1. The number of phosphoric ester groups is 2. The van der Waals surface area contributed by atoms with Gasteiger partial charge in [0.25, 0.3) is 14.1 Å². The van der Waals surface area contributed by atoms with Crippen molar-refractivity contribution in [1.82, 2.24) is 4.90 Å². The SMILES string of the molecule is CCN(CC)CCO.CCO.CCOP(=O)([O-])OCCC[N+](CC)(CC)CCOC(=O)Nc1ccc(Cc2ccc(OC#N)cc2)cc1.CCOP1(=O)CCCCC1.CCOP1(=O)OCCCO1.O=P1(Cl)OCCCO1.[2H]CI. The van der Waals surface area contributed by atoms with Gasteiger partial charge in [0.05, 0.1) is 79.1 Å². The number of benzene rings is 2. The van der Waals surface area contributed by atoms with Gasteiger partial charge in [-0.3, -0.25) is 37.1 Å². The second kappa shape index (κ2) is 47.9. The van der Waals surface area contributed by atoms with E-state index in [0.717, 1.165) is 81.9 Å². The van der Waals surface area contributed by atoms with E-state index in [1.807, 2.05) is 65.9 Å². The van der Waals surface area contributed by atoms with E-state index in [0.29, 0.717) is 86.4 Å². The molecule has 5 rings (SSSR count). The van der Waals surface area contributed by atoms with Crippen molar-refractivity contribution in [2.24, 2.45) is 0 Å². The second-order valence-corrected chi connectivity index (χ2v) is 25.1. The van der Waals surface area contributed by atoms with Crippen LogP contribution in [0, 0.1) is 11.5 Å². The number of hydrogen-bond donors (Lipinski definition) is 3. The molecule has 0 radical (unpaired) electrons. The average Bonchev–Trinajstić information content (AvgIpc) is 3.41. The van der Waals surface area contributed by atoms with Crippen molar-refractivity contribution < 1.29 is 89.7 Å². The van der Waals surface area contributed by atoms with Crippen LogP contribution < -0.4 is 14.9 Å². The Labute approximate surface area is 485 Å². The molecule has 28 heteroatoms.